The summed E-state index contributed by atoms with van der Waals surface area (Å²) in [5, 5.41) is 28.6. The molecule has 0 heterocycles. The lowest BCUT2D eigenvalue weighted by Crippen LogP contribution is -2.00. The molecule has 0 fully saturated rings. The first-order valence-corrected chi connectivity index (χ1v) is 6.25. The van der Waals surface area contributed by atoms with Gasteiger partial charge in [-0.15, -0.1) is 0 Å². The number of rotatable bonds is 5. The van der Waals surface area contributed by atoms with E-state index in [1.807, 2.05) is 0 Å². The molecule has 21 heavy (non-hydrogen) atoms. The first-order chi connectivity index (χ1) is 10.1. The quantitative estimate of drug-likeness (QED) is 0.582. The fourth-order valence-electron chi connectivity index (χ4n) is 1.79. The zero-order valence-electron chi connectivity index (χ0n) is 11.5. The van der Waals surface area contributed by atoms with Crippen molar-refractivity contribution in [3.05, 3.63) is 47.5 Å². The second-order valence-corrected chi connectivity index (χ2v) is 4.36. The third-order valence-corrected chi connectivity index (χ3v) is 2.75. The Bertz CT molecular complexity index is 632. The maximum absolute atomic E-state index is 9.82. The highest BCUT2D eigenvalue weighted by atomic mass is 16.7. The number of aromatic hydroxyl groups is 3. The largest absolute Gasteiger partial charge is 0.508 e. The molecule has 5 heteroatoms. The van der Waals surface area contributed by atoms with Crippen LogP contribution in [0.15, 0.2) is 36.4 Å². The van der Waals surface area contributed by atoms with Crippen LogP contribution in [0, 0.1) is 0 Å². The molecule has 0 radical (unpaired) electrons. The van der Waals surface area contributed by atoms with Crippen LogP contribution in [0.3, 0.4) is 0 Å². The Kier molecular flexibility index (Phi) is 4.68. The normalized spacial score (nSPS) is 10.9. The average Bonchev–Trinajstić information content (AvgIpc) is 2.45. The van der Waals surface area contributed by atoms with E-state index in [4.69, 9.17) is 9.47 Å². The van der Waals surface area contributed by atoms with Crippen LogP contribution in [-0.2, 0) is 4.74 Å². The van der Waals surface area contributed by atoms with Gasteiger partial charge in [0.25, 0.3) is 0 Å². The second-order valence-electron chi connectivity index (χ2n) is 4.36. The summed E-state index contributed by atoms with van der Waals surface area (Å²) in [5.74, 6) is 0.177. The van der Waals surface area contributed by atoms with Crippen molar-refractivity contribution >= 4 is 12.2 Å². The van der Waals surface area contributed by atoms with Crippen molar-refractivity contribution in [2.75, 3.05) is 13.9 Å². The van der Waals surface area contributed by atoms with E-state index in [-0.39, 0.29) is 29.8 Å². The van der Waals surface area contributed by atoms with Gasteiger partial charge < -0.3 is 24.8 Å². The predicted octanol–water partition coefficient (Wildman–Crippen LogP) is 2.96. The summed E-state index contributed by atoms with van der Waals surface area (Å²) in [5.41, 5.74) is 1.37. The summed E-state index contributed by atoms with van der Waals surface area (Å²) < 4.78 is 10.1. The van der Waals surface area contributed by atoms with Crippen molar-refractivity contribution in [1.29, 1.82) is 0 Å². The number of methoxy groups -OCH3 is 1. The molecule has 0 aromatic heterocycles. The van der Waals surface area contributed by atoms with Crippen LogP contribution >= 0.6 is 0 Å². The Labute approximate surface area is 122 Å². The zero-order chi connectivity index (χ0) is 15.2. The molecule has 0 aliphatic heterocycles. The van der Waals surface area contributed by atoms with Gasteiger partial charge in [0.05, 0.1) is 0 Å². The highest BCUT2D eigenvalue weighted by molar-refractivity contribution is 5.75. The summed E-state index contributed by atoms with van der Waals surface area (Å²) in [6.07, 6.45) is 3.46. The molecule has 2 rings (SSSR count). The second kappa shape index (κ2) is 6.67. The van der Waals surface area contributed by atoms with E-state index in [0.29, 0.717) is 5.56 Å². The molecule has 0 saturated carbocycles. The monoisotopic (exact) mass is 288 g/mol. The minimum absolute atomic E-state index is 0.0155. The maximum atomic E-state index is 9.82. The van der Waals surface area contributed by atoms with E-state index in [2.05, 4.69) is 0 Å². The van der Waals surface area contributed by atoms with Crippen LogP contribution in [0.2, 0.25) is 0 Å². The topological polar surface area (TPSA) is 79.2 Å². The maximum Gasteiger partial charge on any atom is 0.188 e. The Hall–Kier alpha value is -2.66. The first-order valence-electron chi connectivity index (χ1n) is 6.25. The summed E-state index contributed by atoms with van der Waals surface area (Å²) in [4.78, 5) is 0. The van der Waals surface area contributed by atoms with Crippen LogP contribution in [0.1, 0.15) is 11.1 Å². The van der Waals surface area contributed by atoms with Gasteiger partial charge in [0, 0.05) is 18.7 Å². The predicted molar refractivity (Wildman–Crippen MR) is 79.3 cm³/mol. The molecule has 0 atom stereocenters. The third kappa shape index (κ3) is 3.90. The summed E-state index contributed by atoms with van der Waals surface area (Å²) in [6.45, 7) is -0.0155. The van der Waals surface area contributed by atoms with E-state index in [1.54, 1.807) is 36.4 Å². The van der Waals surface area contributed by atoms with Crippen LogP contribution in [0.25, 0.3) is 12.2 Å². The van der Waals surface area contributed by atoms with Crippen molar-refractivity contribution < 1.29 is 24.8 Å². The van der Waals surface area contributed by atoms with E-state index in [9.17, 15) is 15.3 Å². The first kappa shape index (κ1) is 14.7. The van der Waals surface area contributed by atoms with Gasteiger partial charge in [-0.1, -0.05) is 24.3 Å². The minimum atomic E-state index is -0.169. The minimum Gasteiger partial charge on any atom is -0.508 e. The van der Waals surface area contributed by atoms with E-state index in [1.165, 1.54) is 19.2 Å². The Morgan fingerprint density at radius 1 is 0.952 bits per heavy atom. The van der Waals surface area contributed by atoms with Gasteiger partial charge in [0.15, 0.2) is 18.3 Å². The van der Waals surface area contributed by atoms with Gasteiger partial charge in [-0.05, 0) is 23.8 Å². The van der Waals surface area contributed by atoms with Gasteiger partial charge in [-0.25, -0.2) is 0 Å². The van der Waals surface area contributed by atoms with Crippen LogP contribution in [0.5, 0.6) is 23.0 Å². The Morgan fingerprint density at radius 3 is 2.33 bits per heavy atom. The molecular formula is C16H16O5. The number of benzene rings is 2. The molecule has 3 N–H and O–H groups in total. The lowest BCUT2D eigenvalue weighted by molar-refractivity contribution is 0.0490. The summed E-state index contributed by atoms with van der Waals surface area (Å²) in [6, 6.07) is 9.29. The molecule has 2 aromatic rings. The van der Waals surface area contributed by atoms with Crippen molar-refractivity contribution in [3.63, 3.8) is 0 Å². The van der Waals surface area contributed by atoms with Crippen molar-refractivity contribution in [1.82, 2.24) is 0 Å². The molecule has 110 valence electrons. The SMILES string of the molecule is COCOc1c(O)cc(O)cc1C=Cc1ccc(O)cc1. The molecule has 0 aliphatic rings. The molecule has 2 aromatic carbocycles. The van der Waals surface area contributed by atoms with Crippen LogP contribution in [-0.4, -0.2) is 29.2 Å². The molecule has 0 bridgehead atoms. The highest BCUT2D eigenvalue weighted by Gasteiger charge is 2.10. The van der Waals surface area contributed by atoms with Gasteiger partial charge in [0.2, 0.25) is 0 Å². The summed E-state index contributed by atoms with van der Waals surface area (Å²) in [7, 11) is 1.48. The third-order valence-electron chi connectivity index (χ3n) is 2.75. The van der Waals surface area contributed by atoms with Crippen LogP contribution < -0.4 is 4.74 Å². The molecule has 0 saturated heterocycles. The Balaban J connectivity index is 2.31. The van der Waals surface area contributed by atoms with E-state index in [0.717, 1.165) is 5.56 Å². The van der Waals surface area contributed by atoms with Crippen molar-refractivity contribution in [3.8, 4) is 23.0 Å². The Morgan fingerprint density at radius 2 is 1.67 bits per heavy atom. The average molecular weight is 288 g/mol. The smallest absolute Gasteiger partial charge is 0.188 e. The number of hydrogen-bond donors (Lipinski definition) is 3. The number of hydrogen-bond acceptors (Lipinski definition) is 5. The van der Waals surface area contributed by atoms with E-state index < -0.39 is 0 Å². The highest BCUT2D eigenvalue weighted by Crippen LogP contribution is 2.35. The number of phenolic OH excluding ortho intramolecular Hbond substituents is 3. The number of phenols is 3. The van der Waals surface area contributed by atoms with E-state index >= 15 is 0 Å². The van der Waals surface area contributed by atoms with Crippen LogP contribution in [0.4, 0.5) is 0 Å². The van der Waals surface area contributed by atoms with Gasteiger partial charge >= 0.3 is 0 Å². The van der Waals surface area contributed by atoms with Gasteiger partial charge in [-0.3, -0.25) is 0 Å². The molecule has 0 unspecified atom stereocenters. The van der Waals surface area contributed by atoms with Gasteiger partial charge in [-0.2, -0.15) is 0 Å². The summed E-state index contributed by atoms with van der Waals surface area (Å²) >= 11 is 0. The fourth-order valence-corrected chi connectivity index (χ4v) is 1.79. The molecule has 0 amide bonds. The number of ether oxygens (including phenoxy) is 2. The van der Waals surface area contributed by atoms with Crippen molar-refractivity contribution in [2.45, 2.75) is 0 Å². The fraction of sp³-hybridized carbons (Fsp3) is 0.125. The molecule has 0 spiro atoms. The molecule has 0 aliphatic carbocycles. The molecule has 5 nitrogen and oxygen atoms in total. The zero-order valence-corrected chi connectivity index (χ0v) is 11.5. The molecular weight excluding hydrogens is 272 g/mol. The standard InChI is InChI=1S/C16H16O5/c1-20-10-21-16-12(8-14(18)9-15(16)19)5-2-11-3-6-13(17)7-4-11/h2-9,17-19H,10H2,1H3. The lowest BCUT2D eigenvalue weighted by Gasteiger charge is -2.10. The lowest BCUT2D eigenvalue weighted by atomic mass is 10.1. The van der Waals surface area contributed by atoms with Gasteiger partial charge in [0.1, 0.15) is 11.5 Å². The van der Waals surface area contributed by atoms with Crippen molar-refractivity contribution in [2.24, 2.45) is 0 Å².